The fraction of sp³-hybridized carbons (Fsp3) is 0.556. The van der Waals surface area contributed by atoms with E-state index < -0.39 is 0 Å². The number of rotatable bonds is 7. The monoisotopic (exact) mass is 332 g/mol. The first kappa shape index (κ1) is 18.1. The molecule has 6 heteroatoms. The second-order valence-electron chi connectivity index (χ2n) is 5.81. The zero-order chi connectivity index (χ0) is 17.2. The lowest BCUT2D eigenvalue weighted by Gasteiger charge is -2.16. The number of likely N-dealkylation sites (tertiary alicyclic amines) is 1. The number of nitrogens with one attached hydrogen (secondary N) is 2. The van der Waals surface area contributed by atoms with Gasteiger partial charge in [-0.1, -0.05) is 12.1 Å². The minimum Gasteiger partial charge on any atom is -0.497 e. The fourth-order valence-corrected chi connectivity index (χ4v) is 2.66. The van der Waals surface area contributed by atoms with Gasteiger partial charge in [0, 0.05) is 32.6 Å². The van der Waals surface area contributed by atoms with E-state index in [1.807, 2.05) is 36.1 Å². The van der Waals surface area contributed by atoms with Crippen molar-refractivity contribution in [1.29, 1.82) is 0 Å². The molecule has 1 amide bonds. The van der Waals surface area contributed by atoms with Crippen LogP contribution in [-0.2, 0) is 11.3 Å². The van der Waals surface area contributed by atoms with Crippen LogP contribution in [0.25, 0.3) is 0 Å². The maximum absolute atomic E-state index is 12.0. The van der Waals surface area contributed by atoms with Crippen molar-refractivity contribution in [2.75, 3.05) is 33.3 Å². The third-order valence-corrected chi connectivity index (χ3v) is 4.01. The molecule has 1 aromatic carbocycles. The van der Waals surface area contributed by atoms with Gasteiger partial charge in [-0.25, -0.2) is 4.99 Å². The van der Waals surface area contributed by atoms with Gasteiger partial charge in [0.25, 0.3) is 0 Å². The number of aliphatic imine (C=N–C) groups is 1. The number of amides is 1. The van der Waals surface area contributed by atoms with Crippen molar-refractivity contribution in [3.05, 3.63) is 29.8 Å². The predicted octanol–water partition coefficient (Wildman–Crippen LogP) is 1.76. The lowest BCUT2D eigenvalue weighted by atomic mass is 10.2. The number of carbonyl (C=O) groups is 1. The number of nitrogens with zero attached hydrogens (tertiary/aromatic N) is 2. The summed E-state index contributed by atoms with van der Waals surface area (Å²) in [6, 6.07) is 7.87. The summed E-state index contributed by atoms with van der Waals surface area (Å²) in [4.78, 5) is 18.5. The summed E-state index contributed by atoms with van der Waals surface area (Å²) in [6.07, 6.45) is 2.77. The third-order valence-electron chi connectivity index (χ3n) is 4.01. The van der Waals surface area contributed by atoms with E-state index in [0.29, 0.717) is 19.5 Å². The van der Waals surface area contributed by atoms with E-state index in [4.69, 9.17) is 4.74 Å². The van der Waals surface area contributed by atoms with Crippen LogP contribution in [0.15, 0.2) is 29.3 Å². The quantitative estimate of drug-likeness (QED) is 0.590. The number of guanidine groups is 1. The molecule has 1 heterocycles. The van der Waals surface area contributed by atoms with Gasteiger partial charge >= 0.3 is 0 Å². The van der Waals surface area contributed by atoms with Crippen molar-refractivity contribution in [1.82, 2.24) is 15.5 Å². The third kappa shape index (κ3) is 5.76. The van der Waals surface area contributed by atoms with Crippen LogP contribution < -0.4 is 15.4 Å². The van der Waals surface area contributed by atoms with Crippen LogP contribution in [0, 0.1) is 0 Å². The largest absolute Gasteiger partial charge is 0.497 e. The molecule has 0 unspecified atom stereocenters. The van der Waals surface area contributed by atoms with Crippen molar-refractivity contribution >= 4 is 11.9 Å². The molecule has 132 valence electrons. The van der Waals surface area contributed by atoms with Crippen molar-refractivity contribution in [3.8, 4) is 5.75 Å². The van der Waals surface area contributed by atoms with E-state index in [2.05, 4.69) is 15.6 Å². The molecule has 1 saturated heterocycles. The van der Waals surface area contributed by atoms with Gasteiger partial charge in [0.15, 0.2) is 5.96 Å². The van der Waals surface area contributed by atoms with Gasteiger partial charge in [0.2, 0.25) is 5.91 Å². The number of hydrogen-bond acceptors (Lipinski definition) is 3. The first-order valence-electron chi connectivity index (χ1n) is 8.66. The van der Waals surface area contributed by atoms with Gasteiger partial charge in [-0.15, -0.1) is 0 Å². The molecule has 0 aromatic heterocycles. The highest BCUT2D eigenvalue weighted by Gasteiger charge is 2.17. The molecule has 0 atom stereocenters. The second kappa shape index (κ2) is 9.80. The molecule has 2 N–H and O–H groups in total. The van der Waals surface area contributed by atoms with Crippen LogP contribution in [0.4, 0.5) is 0 Å². The summed E-state index contributed by atoms with van der Waals surface area (Å²) in [5, 5.41) is 6.44. The first-order chi connectivity index (χ1) is 11.7. The summed E-state index contributed by atoms with van der Waals surface area (Å²) in [5.41, 5.74) is 1.11. The van der Waals surface area contributed by atoms with Gasteiger partial charge in [-0.2, -0.15) is 0 Å². The summed E-state index contributed by atoms with van der Waals surface area (Å²) >= 11 is 0. The van der Waals surface area contributed by atoms with E-state index in [9.17, 15) is 4.79 Å². The molecular formula is C18H28N4O2. The molecular weight excluding hydrogens is 304 g/mol. The SMILES string of the molecule is CCNC(=NCc1ccc(OC)cc1)NCCC(=O)N1CCCC1. The van der Waals surface area contributed by atoms with Crippen LogP contribution in [0.1, 0.15) is 31.7 Å². The topological polar surface area (TPSA) is 66.0 Å². The zero-order valence-corrected chi connectivity index (χ0v) is 14.7. The van der Waals surface area contributed by atoms with Crippen molar-refractivity contribution in [2.45, 2.75) is 32.7 Å². The standard InChI is InChI=1S/C18H28N4O2/c1-3-19-18(20-11-10-17(23)22-12-4-5-13-22)21-14-15-6-8-16(24-2)9-7-15/h6-9H,3-5,10-14H2,1-2H3,(H2,19,20,21). The Bertz CT molecular complexity index is 536. The summed E-state index contributed by atoms with van der Waals surface area (Å²) in [5.74, 6) is 1.81. The van der Waals surface area contributed by atoms with Crippen LogP contribution in [0.5, 0.6) is 5.75 Å². The van der Waals surface area contributed by atoms with E-state index in [1.54, 1.807) is 7.11 Å². The molecule has 1 aliphatic rings. The molecule has 0 bridgehead atoms. The number of benzene rings is 1. The van der Waals surface area contributed by atoms with Crippen LogP contribution in [0.2, 0.25) is 0 Å². The highest BCUT2D eigenvalue weighted by molar-refractivity contribution is 5.81. The predicted molar refractivity (Wildman–Crippen MR) is 96.2 cm³/mol. The molecule has 1 fully saturated rings. The average molecular weight is 332 g/mol. The summed E-state index contributed by atoms with van der Waals surface area (Å²) in [6.45, 7) is 5.81. The van der Waals surface area contributed by atoms with Crippen molar-refractivity contribution in [3.63, 3.8) is 0 Å². The van der Waals surface area contributed by atoms with Gasteiger partial charge < -0.3 is 20.3 Å². The Morgan fingerprint density at radius 2 is 1.92 bits per heavy atom. The zero-order valence-electron chi connectivity index (χ0n) is 14.7. The number of ether oxygens (including phenoxy) is 1. The smallest absolute Gasteiger partial charge is 0.224 e. The summed E-state index contributed by atoms with van der Waals surface area (Å²) in [7, 11) is 1.66. The molecule has 1 aliphatic heterocycles. The molecule has 24 heavy (non-hydrogen) atoms. The Balaban J connectivity index is 1.79. The lowest BCUT2D eigenvalue weighted by molar-refractivity contribution is -0.129. The molecule has 2 rings (SSSR count). The fourth-order valence-electron chi connectivity index (χ4n) is 2.66. The maximum Gasteiger partial charge on any atom is 0.224 e. The van der Waals surface area contributed by atoms with Crippen LogP contribution in [-0.4, -0.2) is 50.1 Å². The van der Waals surface area contributed by atoms with Gasteiger partial charge in [-0.3, -0.25) is 4.79 Å². The van der Waals surface area contributed by atoms with Gasteiger partial charge in [0.1, 0.15) is 5.75 Å². The summed E-state index contributed by atoms with van der Waals surface area (Å²) < 4.78 is 5.15. The van der Waals surface area contributed by atoms with Crippen LogP contribution >= 0.6 is 0 Å². The van der Waals surface area contributed by atoms with E-state index in [1.165, 1.54) is 0 Å². The Morgan fingerprint density at radius 3 is 2.54 bits per heavy atom. The Hall–Kier alpha value is -2.24. The van der Waals surface area contributed by atoms with Gasteiger partial charge in [0.05, 0.1) is 13.7 Å². The Morgan fingerprint density at radius 1 is 1.21 bits per heavy atom. The Labute approximate surface area is 144 Å². The minimum absolute atomic E-state index is 0.228. The van der Waals surface area contributed by atoms with E-state index in [-0.39, 0.29) is 5.91 Å². The normalized spacial score (nSPS) is 14.6. The molecule has 0 saturated carbocycles. The number of carbonyl (C=O) groups excluding carboxylic acids is 1. The van der Waals surface area contributed by atoms with Crippen molar-refractivity contribution < 1.29 is 9.53 Å². The van der Waals surface area contributed by atoms with E-state index >= 15 is 0 Å². The number of hydrogen-bond donors (Lipinski definition) is 2. The molecule has 1 aromatic rings. The number of methoxy groups -OCH3 is 1. The average Bonchev–Trinajstić information content (AvgIpc) is 3.14. The highest BCUT2D eigenvalue weighted by Crippen LogP contribution is 2.12. The lowest BCUT2D eigenvalue weighted by Crippen LogP contribution is -2.39. The maximum atomic E-state index is 12.0. The van der Waals surface area contributed by atoms with Crippen LogP contribution in [0.3, 0.4) is 0 Å². The highest BCUT2D eigenvalue weighted by atomic mass is 16.5. The Kier molecular flexibility index (Phi) is 7.39. The molecule has 0 aliphatic carbocycles. The molecule has 0 radical (unpaired) electrons. The molecule has 0 spiro atoms. The first-order valence-corrected chi connectivity index (χ1v) is 8.66. The van der Waals surface area contributed by atoms with Gasteiger partial charge in [-0.05, 0) is 37.5 Å². The molecule has 6 nitrogen and oxygen atoms in total. The van der Waals surface area contributed by atoms with Crippen molar-refractivity contribution in [2.24, 2.45) is 4.99 Å². The second-order valence-corrected chi connectivity index (χ2v) is 5.81. The van der Waals surface area contributed by atoms with E-state index in [0.717, 1.165) is 49.7 Å². The minimum atomic E-state index is 0.228.